The number of nitrogens with one attached hydrogen (secondary N) is 1. The van der Waals surface area contributed by atoms with Gasteiger partial charge in [-0.05, 0) is 30.0 Å². The maximum atomic E-state index is 13.2. The van der Waals surface area contributed by atoms with Crippen LogP contribution in [0, 0.1) is 11.7 Å². The molecule has 1 N–H and O–H groups in total. The summed E-state index contributed by atoms with van der Waals surface area (Å²) in [5.74, 6) is 1.06. The summed E-state index contributed by atoms with van der Waals surface area (Å²) in [6, 6.07) is 6.44. The lowest BCUT2D eigenvalue weighted by Crippen LogP contribution is -2.40. The quantitative estimate of drug-likeness (QED) is 0.668. The molecule has 1 aromatic rings. The summed E-state index contributed by atoms with van der Waals surface area (Å²) in [4.78, 5) is 6.08. The molecule has 1 aliphatic heterocycles. The van der Waals surface area contributed by atoms with Gasteiger partial charge in [-0.15, -0.1) is 0 Å². The van der Waals surface area contributed by atoms with E-state index in [1.54, 1.807) is 13.1 Å². The third-order valence-electron chi connectivity index (χ3n) is 3.76. The molecular formula is C15H22FN3O2S. The highest BCUT2D eigenvalue weighted by Crippen LogP contribution is 2.17. The van der Waals surface area contributed by atoms with Crippen LogP contribution in [0.15, 0.2) is 29.3 Å². The summed E-state index contributed by atoms with van der Waals surface area (Å²) in [5.41, 5.74) is 0.855. The van der Waals surface area contributed by atoms with Gasteiger partial charge in [0.25, 0.3) is 0 Å². The molecule has 2 rings (SSSR count). The number of halogens is 1. The molecule has 122 valence electrons. The van der Waals surface area contributed by atoms with Crippen molar-refractivity contribution in [1.82, 2.24) is 10.2 Å². The lowest BCUT2D eigenvalue weighted by Gasteiger charge is -2.23. The third kappa shape index (κ3) is 4.69. The number of benzene rings is 1. The Bertz CT molecular complexity index is 646. The molecule has 1 heterocycles. The molecule has 1 unspecified atom stereocenters. The largest absolute Gasteiger partial charge is 0.356 e. The summed E-state index contributed by atoms with van der Waals surface area (Å²) in [5, 5.41) is 3.20. The zero-order chi connectivity index (χ0) is 16.2. The van der Waals surface area contributed by atoms with Crippen LogP contribution in [-0.2, 0) is 16.4 Å². The summed E-state index contributed by atoms with van der Waals surface area (Å²) < 4.78 is 36.1. The van der Waals surface area contributed by atoms with Crippen molar-refractivity contribution in [3.05, 3.63) is 35.6 Å². The van der Waals surface area contributed by atoms with Crippen molar-refractivity contribution in [2.45, 2.75) is 13.0 Å². The fraction of sp³-hybridized carbons (Fsp3) is 0.533. The van der Waals surface area contributed by atoms with Gasteiger partial charge in [-0.2, -0.15) is 0 Å². The van der Waals surface area contributed by atoms with Crippen LogP contribution in [0.4, 0.5) is 4.39 Å². The van der Waals surface area contributed by atoms with Gasteiger partial charge < -0.3 is 10.2 Å². The van der Waals surface area contributed by atoms with E-state index < -0.39 is 9.84 Å². The van der Waals surface area contributed by atoms with Crippen molar-refractivity contribution in [3.8, 4) is 0 Å². The highest BCUT2D eigenvalue weighted by molar-refractivity contribution is 7.91. The zero-order valence-electron chi connectivity index (χ0n) is 12.9. The van der Waals surface area contributed by atoms with Crippen molar-refractivity contribution in [2.75, 3.05) is 32.1 Å². The van der Waals surface area contributed by atoms with Crippen molar-refractivity contribution in [3.63, 3.8) is 0 Å². The molecular weight excluding hydrogens is 305 g/mol. The Kier molecular flexibility index (Phi) is 5.39. The first-order valence-corrected chi connectivity index (χ1v) is 9.08. The molecule has 1 fully saturated rings. The van der Waals surface area contributed by atoms with Crippen molar-refractivity contribution in [2.24, 2.45) is 10.9 Å². The summed E-state index contributed by atoms with van der Waals surface area (Å²) in [7, 11) is 0.684. The van der Waals surface area contributed by atoms with Crippen LogP contribution in [0.1, 0.15) is 12.0 Å². The Balaban J connectivity index is 1.88. The van der Waals surface area contributed by atoms with Crippen LogP contribution in [0.5, 0.6) is 0 Å². The lowest BCUT2D eigenvalue weighted by molar-refractivity contribution is 0.462. The molecule has 0 amide bonds. The second-order valence-electron chi connectivity index (χ2n) is 5.68. The zero-order valence-corrected chi connectivity index (χ0v) is 13.7. The first kappa shape index (κ1) is 16.7. The van der Waals surface area contributed by atoms with Gasteiger partial charge in [0.2, 0.25) is 0 Å². The lowest BCUT2D eigenvalue weighted by atomic mass is 10.1. The number of aliphatic imine (C=N–C) groups is 1. The van der Waals surface area contributed by atoms with E-state index in [1.807, 2.05) is 18.0 Å². The third-order valence-corrected chi connectivity index (χ3v) is 5.59. The van der Waals surface area contributed by atoms with Gasteiger partial charge in [-0.3, -0.25) is 4.99 Å². The molecule has 1 saturated heterocycles. The average molecular weight is 327 g/mol. The molecule has 7 heteroatoms. The van der Waals surface area contributed by atoms with Gasteiger partial charge in [0.15, 0.2) is 15.8 Å². The average Bonchev–Trinajstić information content (AvgIpc) is 2.79. The number of guanidine groups is 1. The van der Waals surface area contributed by atoms with Crippen LogP contribution in [-0.4, -0.2) is 51.4 Å². The molecule has 0 bridgehead atoms. The van der Waals surface area contributed by atoms with Crippen LogP contribution in [0.3, 0.4) is 0 Å². The molecule has 22 heavy (non-hydrogen) atoms. The second-order valence-corrected chi connectivity index (χ2v) is 7.91. The number of hydrogen-bond acceptors (Lipinski definition) is 3. The highest BCUT2D eigenvalue weighted by Gasteiger charge is 2.27. The molecule has 1 aliphatic rings. The Morgan fingerprint density at radius 2 is 2.27 bits per heavy atom. The van der Waals surface area contributed by atoms with Crippen molar-refractivity contribution < 1.29 is 12.8 Å². The standard InChI is InChI=1S/C15H22FN3O2S/c1-17-15(18-9-13-6-7-22(20,21)11-13)19(2)10-12-4-3-5-14(16)8-12/h3-5,8,13H,6-7,9-11H2,1-2H3,(H,17,18). The topological polar surface area (TPSA) is 61.8 Å². The minimum atomic E-state index is -2.86. The first-order chi connectivity index (χ1) is 10.4. The maximum Gasteiger partial charge on any atom is 0.193 e. The van der Waals surface area contributed by atoms with E-state index in [9.17, 15) is 12.8 Å². The van der Waals surface area contributed by atoms with Gasteiger partial charge in [0.1, 0.15) is 5.82 Å². The van der Waals surface area contributed by atoms with E-state index in [4.69, 9.17) is 0 Å². The van der Waals surface area contributed by atoms with Crippen LogP contribution in [0.25, 0.3) is 0 Å². The van der Waals surface area contributed by atoms with Crippen LogP contribution in [0.2, 0.25) is 0 Å². The van der Waals surface area contributed by atoms with Gasteiger partial charge in [-0.25, -0.2) is 12.8 Å². The number of hydrogen-bond donors (Lipinski definition) is 1. The second kappa shape index (κ2) is 7.09. The summed E-state index contributed by atoms with van der Waals surface area (Å²) in [6.07, 6.45) is 0.694. The summed E-state index contributed by atoms with van der Waals surface area (Å²) >= 11 is 0. The van der Waals surface area contributed by atoms with Crippen molar-refractivity contribution >= 4 is 15.8 Å². The molecule has 5 nitrogen and oxygen atoms in total. The highest BCUT2D eigenvalue weighted by atomic mass is 32.2. The monoisotopic (exact) mass is 327 g/mol. The SMILES string of the molecule is CN=C(NCC1CCS(=O)(=O)C1)N(C)Cc1cccc(F)c1. The van der Waals surface area contributed by atoms with E-state index in [-0.39, 0.29) is 23.2 Å². The Hall–Kier alpha value is -1.63. The number of nitrogens with zero attached hydrogens (tertiary/aromatic N) is 2. The van der Waals surface area contributed by atoms with E-state index in [0.717, 1.165) is 5.56 Å². The van der Waals surface area contributed by atoms with Crippen LogP contribution >= 0.6 is 0 Å². The minimum Gasteiger partial charge on any atom is -0.356 e. The molecule has 1 aromatic carbocycles. The fourth-order valence-corrected chi connectivity index (χ4v) is 4.50. The van der Waals surface area contributed by atoms with E-state index in [2.05, 4.69) is 10.3 Å². The molecule has 0 saturated carbocycles. The molecule has 0 spiro atoms. The van der Waals surface area contributed by atoms with Gasteiger partial charge in [0, 0.05) is 27.2 Å². The molecule has 0 aliphatic carbocycles. The van der Waals surface area contributed by atoms with Gasteiger partial charge >= 0.3 is 0 Å². The van der Waals surface area contributed by atoms with Gasteiger partial charge in [-0.1, -0.05) is 12.1 Å². The Morgan fingerprint density at radius 1 is 1.50 bits per heavy atom. The molecule has 0 radical (unpaired) electrons. The normalized spacial score (nSPS) is 20.9. The number of sulfone groups is 1. The van der Waals surface area contributed by atoms with E-state index in [1.165, 1.54) is 12.1 Å². The van der Waals surface area contributed by atoms with Gasteiger partial charge in [0.05, 0.1) is 11.5 Å². The Labute approximate surface area is 131 Å². The van der Waals surface area contributed by atoms with E-state index >= 15 is 0 Å². The number of rotatable bonds is 4. The predicted octanol–water partition coefficient (Wildman–Crippen LogP) is 1.27. The smallest absolute Gasteiger partial charge is 0.193 e. The van der Waals surface area contributed by atoms with Crippen LogP contribution < -0.4 is 5.32 Å². The first-order valence-electron chi connectivity index (χ1n) is 7.26. The molecule has 0 aromatic heterocycles. The van der Waals surface area contributed by atoms with E-state index in [0.29, 0.717) is 25.5 Å². The molecule has 1 atom stereocenters. The predicted molar refractivity (Wildman–Crippen MR) is 86.0 cm³/mol. The van der Waals surface area contributed by atoms with Crippen molar-refractivity contribution in [1.29, 1.82) is 0 Å². The fourth-order valence-electron chi connectivity index (χ4n) is 2.64. The minimum absolute atomic E-state index is 0.129. The Morgan fingerprint density at radius 3 is 2.86 bits per heavy atom. The maximum absolute atomic E-state index is 13.2. The summed E-state index contributed by atoms with van der Waals surface area (Å²) in [6.45, 7) is 1.11.